The van der Waals surface area contributed by atoms with Crippen molar-refractivity contribution in [1.82, 2.24) is 19.9 Å². The van der Waals surface area contributed by atoms with Crippen molar-refractivity contribution < 1.29 is 9.84 Å². The quantitative estimate of drug-likeness (QED) is 0.904. The Morgan fingerprint density at radius 1 is 1.43 bits per heavy atom. The second kappa shape index (κ2) is 6.86. The first-order valence-corrected chi connectivity index (χ1v) is 8.07. The molecule has 124 valence electrons. The highest BCUT2D eigenvalue weighted by atomic mass is 35.5. The Labute approximate surface area is 140 Å². The minimum Gasteiger partial charge on any atom is -0.496 e. The number of benzene rings is 1. The topological polar surface area (TPSA) is 63.4 Å². The van der Waals surface area contributed by atoms with E-state index in [0.29, 0.717) is 18.1 Å². The lowest BCUT2D eigenvalue weighted by molar-refractivity contribution is -0.0479. The molecule has 1 aliphatic heterocycles. The van der Waals surface area contributed by atoms with Crippen LogP contribution in [0.15, 0.2) is 30.6 Å². The van der Waals surface area contributed by atoms with Gasteiger partial charge in [0.05, 0.1) is 25.5 Å². The van der Waals surface area contributed by atoms with Gasteiger partial charge in [0.25, 0.3) is 0 Å². The summed E-state index contributed by atoms with van der Waals surface area (Å²) in [4.78, 5) is 2.24. The van der Waals surface area contributed by atoms with Gasteiger partial charge >= 0.3 is 0 Å². The van der Waals surface area contributed by atoms with Crippen LogP contribution in [0.25, 0.3) is 0 Å². The molecule has 1 aromatic carbocycles. The summed E-state index contributed by atoms with van der Waals surface area (Å²) >= 11 is 6.01. The van der Waals surface area contributed by atoms with Crippen LogP contribution in [0.2, 0.25) is 5.02 Å². The fourth-order valence-electron chi connectivity index (χ4n) is 3.18. The van der Waals surface area contributed by atoms with Gasteiger partial charge in [0, 0.05) is 29.9 Å². The number of ether oxygens (including phenoxy) is 1. The Kier molecular flexibility index (Phi) is 4.84. The number of nitrogens with zero attached hydrogens (tertiary/aromatic N) is 4. The Hall–Kier alpha value is -1.63. The molecule has 0 aliphatic carbocycles. The Morgan fingerprint density at radius 2 is 2.30 bits per heavy atom. The van der Waals surface area contributed by atoms with E-state index in [4.69, 9.17) is 16.3 Å². The van der Waals surface area contributed by atoms with Crippen LogP contribution in [0.5, 0.6) is 5.75 Å². The van der Waals surface area contributed by atoms with Crippen molar-refractivity contribution in [3.8, 4) is 5.75 Å². The van der Waals surface area contributed by atoms with E-state index in [1.54, 1.807) is 24.2 Å². The first kappa shape index (κ1) is 16.2. The van der Waals surface area contributed by atoms with E-state index in [1.165, 1.54) is 0 Å². The SMILES string of the molecule is COc1cc(Cl)ccc1CN1CCCC(O)(Cn2ccnn2)C1. The average Bonchev–Trinajstić information content (AvgIpc) is 3.01. The number of rotatable bonds is 5. The van der Waals surface area contributed by atoms with Crippen molar-refractivity contribution >= 4 is 11.6 Å². The second-order valence-electron chi connectivity index (χ2n) is 6.10. The van der Waals surface area contributed by atoms with Crippen LogP contribution in [-0.2, 0) is 13.1 Å². The summed E-state index contributed by atoms with van der Waals surface area (Å²) in [6.07, 6.45) is 5.11. The van der Waals surface area contributed by atoms with Crippen LogP contribution < -0.4 is 4.74 Å². The number of likely N-dealkylation sites (tertiary alicyclic amines) is 1. The van der Waals surface area contributed by atoms with Crippen LogP contribution >= 0.6 is 11.6 Å². The third-order valence-electron chi connectivity index (χ3n) is 4.21. The summed E-state index contributed by atoms with van der Waals surface area (Å²) in [5.41, 5.74) is 0.285. The molecule has 0 amide bonds. The molecule has 1 unspecified atom stereocenters. The molecule has 23 heavy (non-hydrogen) atoms. The molecule has 1 atom stereocenters. The largest absolute Gasteiger partial charge is 0.496 e. The first-order chi connectivity index (χ1) is 11.1. The molecule has 2 heterocycles. The van der Waals surface area contributed by atoms with E-state index in [0.717, 1.165) is 37.2 Å². The number of hydrogen-bond donors (Lipinski definition) is 1. The number of halogens is 1. The lowest BCUT2D eigenvalue weighted by Gasteiger charge is -2.39. The zero-order chi connectivity index (χ0) is 16.3. The number of methoxy groups -OCH3 is 1. The molecule has 7 heteroatoms. The number of aromatic nitrogens is 3. The van der Waals surface area contributed by atoms with E-state index in [-0.39, 0.29) is 0 Å². The van der Waals surface area contributed by atoms with Gasteiger partial charge < -0.3 is 9.84 Å². The average molecular weight is 337 g/mol. The molecule has 2 aromatic rings. The number of β-amino-alcohol motifs (C(OH)–C–C–N with tert-alkyl or cyclic N) is 1. The molecule has 1 N–H and O–H groups in total. The molecular formula is C16H21ClN4O2. The van der Waals surface area contributed by atoms with E-state index in [9.17, 15) is 5.11 Å². The third kappa shape index (κ3) is 4.02. The molecule has 0 radical (unpaired) electrons. The van der Waals surface area contributed by atoms with E-state index < -0.39 is 5.60 Å². The molecule has 0 bridgehead atoms. The number of hydrogen-bond acceptors (Lipinski definition) is 5. The van der Waals surface area contributed by atoms with Crippen molar-refractivity contribution in [2.24, 2.45) is 0 Å². The summed E-state index contributed by atoms with van der Waals surface area (Å²) in [5, 5.41) is 19.3. The van der Waals surface area contributed by atoms with E-state index in [1.807, 2.05) is 18.2 Å². The number of aliphatic hydroxyl groups is 1. The Bertz CT molecular complexity index is 650. The lowest BCUT2D eigenvalue weighted by Crippen LogP contribution is -2.50. The van der Waals surface area contributed by atoms with Gasteiger partial charge in [0.2, 0.25) is 0 Å². The lowest BCUT2D eigenvalue weighted by atomic mass is 9.92. The number of piperidine rings is 1. The van der Waals surface area contributed by atoms with Gasteiger partial charge in [-0.15, -0.1) is 5.10 Å². The highest BCUT2D eigenvalue weighted by molar-refractivity contribution is 6.30. The van der Waals surface area contributed by atoms with Crippen molar-refractivity contribution in [3.05, 3.63) is 41.2 Å². The monoisotopic (exact) mass is 336 g/mol. The van der Waals surface area contributed by atoms with Gasteiger partial charge in [0.1, 0.15) is 5.75 Å². The zero-order valence-corrected chi connectivity index (χ0v) is 13.9. The summed E-state index contributed by atoms with van der Waals surface area (Å²) < 4.78 is 7.10. The molecule has 3 rings (SSSR count). The van der Waals surface area contributed by atoms with Crippen LogP contribution in [0, 0.1) is 0 Å². The maximum atomic E-state index is 10.9. The minimum atomic E-state index is -0.786. The summed E-state index contributed by atoms with van der Waals surface area (Å²) in [5.74, 6) is 0.780. The fraction of sp³-hybridized carbons (Fsp3) is 0.500. The van der Waals surface area contributed by atoms with Gasteiger partial charge in [0.15, 0.2) is 0 Å². The summed E-state index contributed by atoms with van der Waals surface area (Å²) in [7, 11) is 1.65. The molecule has 6 nitrogen and oxygen atoms in total. The van der Waals surface area contributed by atoms with Crippen molar-refractivity contribution in [3.63, 3.8) is 0 Å². The normalized spacial score (nSPS) is 22.2. The summed E-state index contributed by atoms with van der Waals surface area (Å²) in [6, 6.07) is 5.67. The van der Waals surface area contributed by atoms with Crippen LogP contribution in [0.3, 0.4) is 0 Å². The van der Waals surface area contributed by atoms with Gasteiger partial charge in [-0.25, -0.2) is 4.68 Å². The van der Waals surface area contributed by atoms with Gasteiger partial charge in [-0.3, -0.25) is 4.90 Å². The van der Waals surface area contributed by atoms with Crippen molar-refractivity contribution in [1.29, 1.82) is 0 Å². The highest BCUT2D eigenvalue weighted by Crippen LogP contribution is 2.28. The van der Waals surface area contributed by atoms with Crippen LogP contribution in [0.4, 0.5) is 0 Å². The maximum absolute atomic E-state index is 10.9. The highest BCUT2D eigenvalue weighted by Gasteiger charge is 2.34. The third-order valence-corrected chi connectivity index (χ3v) is 4.44. The second-order valence-corrected chi connectivity index (χ2v) is 6.53. The van der Waals surface area contributed by atoms with Gasteiger partial charge in [-0.05, 0) is 31.5 Å². The van der Waals surface area contributed by atoms with Crippen LogP contribution in [0.1, 0.15) is 18.4 Å². The molecule has 1 aliphatic rings. The molecule has 1 saturated heterocycles. The Morgan fingerprint density at radius 3 is 3.04 bits per heavy atom. The first-order valence-electron chi connectivity index (χ1n) is 7.69. The molecule has 1 fully saturated rings. The molecular weight excluding hydrogens is 316 g/mol. The van der Waals surface area contributed by atoms with Gasteiger partial charge in [-0.2, -0.15) is 0 Å². The molecule has 0 saturated carbocycles. The standard InChI is InChI=1S/C16H21ClN4O2/c1-23-15-9-14(17)4-3-13(15)10-20-7-2-5-16(22,11-20)12-21-8-6-18-19-21/h3-4,6,8-9,22H,2,5,7,10-12H2,1H3. The maximum Gasteiger partial charge on any atom is 0.124 e. The zero-order valence-electron chi connectivity index (χ0n) is 13.2. The Balaban J connectivity index is 1.69. The van der Waals surface area contributed by atoms with Crippen molar-refractivity contribution in [2.75, 3.05) is 20.2 Å². The minimum absolute atomic E-state index is 0.460. The molecule has 1 aromatic heterocycles. The van der Waals surface area contributed by atoms with E-state index >= 15 is 0 Å². The predicted octanol–water partition coefficient (Wildman–Crippen LogP) is 1.97. The van der Waals surface area contributed by atoms with E-state index in [2.05, 4.69) is 15.2 Å². The fourth-order valence-corrected chi connectivity index (χ4v) is 3.34. The van der Waals surface area contributed by atoms with Crippen molar-refractivity contribution in [2.45, 2.75) is 31.5 Å². The summed E-state index contributed by atoms with van der Waals surface area (Å²) in [6.45, 7) is 2.73. The predicted molar refractivity (Wildman–Crippen MR) is 87.5 cm³/mol. The van der Waals surface area contributed by atoms with Crippen LogP contribution in [-0.4, -0.2) is 50.8 Å². The van der Waals surface area contributed by atoms with Gasteiger partial charge in [-0.1, -0.05) is 22.9 Å². The molecule has 0 spiro atoms. The smallest absolute Gasteiger partial charge is 0.124 e.